The molecular weight excluding hydrogens is 448 g/mol. The minimum absolute atomic E-state index is 0.0503. The van der Waals surface area contributed by atoms with E-state index in [0.29, 0.717) is 49.7 Å². The Morgan fingerprint density at radius 3 is 2.37 bits per heavy atom. The largest absolute Gasteiger partial charge is 0.508 e. The number of aliphatic hydroxyl groups excluding tert-OH is 1. The maximum absolute atomic E-state index is 13.1. The minimum Gasteiger partial charge on any atom is -0.508 e. The van der Waals surface area contributed by atoms with Crippen molar-refractivity contribution in [2.75, 3.05) is 46.0 Å². The summed E-state index contributed by atoms with van der Waals surface area (Å²) in [5.41, 5.74) is 1.14. The lowest BCUT2D eigenvalue weighted by Crippen LogP contribution is -2.38. The van der Waals surface area contributed by atoms with Gasteiger partial charge in [-0.3, -0.25) is 14.5 Å². The van der Waals surface area contributed by atoms with Crippen LogP contribution in [0.1, 0.15) is 36.9 Å². The van der Waals surface area contributed by atoms with Crippen LogP contribution in [0.3, 0.4) is 0 Å². The second kappa shape index (κ2) is 11.4. The number of amides is 1. The van der Waals surface area contributed by atoms with Crippen LogP contribution >= 0.6 is 0 Å². The van der Waals surface area contributed by atoms with Crippen LogP contribution in [0.25, 0.3) is 5.76 Å². The zero-order chi connectivity index (χ0) is 24.8. The number of rotatable bonds is 9. The van der Waals surface area contributed by atoms with Gasteiger partial charge in [-0.25, -0.2) is 0 Å². The lowest BCUT2D eigenvalue weighted by molar-refractivity contribution is -0.140. The van der Waals surface area contributed by atoms with Gasteiger partial charge < -0.3 is 24.6 Å². The van der Waals surface area contributed by atoms with E-state index in [-0.39, 0.29) is 17.1 Å². The highest BCUT2D eigenvalue weighted by atomic mass is 16.5. The molecule has 0 spiro atoms. The Balaban J connectivity index is 1.63. The van der Waals surface area contributed by atoms with Gasteiger partial charge in [-0.15, -0.1) is 0 Å². The Morgan fingerprint density at radius 1 is 1.03 bits per heavy atom. The van der Waals surface area contributed by atoms with E-state index >= 15 is 0 Å². The summed E-state index contributed by atoms with van der Waals surface area (Å²) in [5, 5.41) is 20.9. The lowest BCUT2D eigenvalue weighted by Gasteiger charge is -2.29. The third kappa shape index (κ3) is 5.66. The predicted octanol–water partition coefficient (Wildman–Crippen LogP) is 3.33. The first-order chi connectivity index (χ1) is 17.0. The van der Waals surface area contributed by atoms with Crippen LogP contribution in [0.2, 0.25) is 0 Å². The number of likely N-dealkylation sites (tertiary alicyclic amines) is 1. The van der Waals surface area contributed by atoms with Crippen molar-refractivity contribution in [2.45, 2.75) is 25.8 Å². The molecule has 2 heterocycles. The molecule has 2 aromatic carbocycles. The number of Topliss-reactive ketones (excluding diaryl/α,β-unsaturated/α-hetero) is 1. The molecule has 2 aliphatic rings. The molecule has 0 radical (unpaired) electrons. The normalized spacial score (nSPS) is 20.4. The second-order valence-electron chi connectivity index (χ2n) is 8.76. The van der Waals surface area contributed by atoms with Gasteiger partial charge in [0.1, 0.15) is 17.3 Å². The number of benzene rings is 2. The maximum atomic E-state index is 13.1. The van der Waals surface area contributed by atoms with Gasteiger partial charge in [-0.05, 0) is 54.8 Å². The van der Waals surface area contributed by atoms with Crippen molar-refractivity contribution in [1.29, 1.82) is 0 Å². The van der Waals surface area contributed by atoms with Crippen LogP contribution in [0.15, 0.2) is 54.1 Å². The molecule has 0 aliphatic carbocycles. The van der Waals surface area contributed by atoms with E-state index in [4.69, 9.17) is 9.47 Å². The fourth-order valence-electron chi connectivity index (χ4n) is 4.49. The predicted molar refractivity (Wildman–Crippen MR) is 131 cm³/mol. The molecule has 2 aromatic rings. The van der Waals surface area contributed by atoms with Gasteiger partial charge in [0.15, 0.2) is 0 Å². The molecule has 2 aliphatic heterocycles. The summed E-state index contributed by atoms with van der Waals surface area (Å²) < 4.78 is 11.0. The SMILES string of the molecule is CCCOc1ccc(/C(O)=C2/C(=O)C(=O)N(CCCN3CCOCC3)C2c2ccc(O)cc2)cc1. The summed E-state index contributed by atoms with van der Waals surface area (Å²) in [5.74, 6) is -0.811. The van der Waals surface area contributed by atoms with Crippen LogP contribution in [0.5, 0.6) is 11.5 Å². The number of nitrogens with zero attached hydrogens (tertiary/aromatic N) is 2. The monoisotopic (exact) mass is 480 g/mol. The number of ether oxygens (including phenoxy) is 2. The van der Waals surface area contributed by atoms with Gasteiger partial charge in [0.2, 0.25) is 0 Å². The van der Waals surface area contributed by atoms with Crippen LogP contribution in [-0.2, 0) is 14.3 Å². The Morgan fingerprint density at radius 2 is 1.71 bits per heavy atom. The summed E-state index contributed by atoms with van der Waals surface area (Å²) in [6, 6.07) is 12.5. The van der Waals surface area contributed by atoms with E-state index in [9.17, 15) is 19.8 Å². The maximum Gasteiger partial charge on any atom is 0.295 e. The first kappa shape index (κ1) is 24.8. The molecule has 35 heavy (non-hydrogen) atoms. The molecule has 8 nitrogen and oxygen atoms in total. The number of aliphatic hydroxyl groups is 1. The number of carbonyl (C=O) groups excluding carboxylic acids is 2. The number of hydrogen-bond acceptors (Lipinski definition) is 7. The summed E-state index contributed by atoms with van der Waals surface area (Å²) in [6.07, 6.45) is 1.56. The number of hydrogen-bond donors (Lipinski definition) is 2. The highest BCUT2D eigenvalue weighted by Gasteiger charge is 2.45. The molecule has 186 valence electrons. The number of carbonyl (C=O) groups is 2. The smallest absolute Gasteiger partial charge is 0.295 e. The van der Waals surface area contributed by atoms with Crippen molar-refractivity contribution in [3.05, 3.63) is 65.2 Å². The molecule has 1 unspecified atom stereocenters. The van der Waals surface area contributed by atoms with Gasteiger partial charge in [0.25, 0.3) is 11.7 Å². The van der Waals surface area contributed by atoms with Crippen LogP contribution in [-0.4, -0.2) is 77.7 Å². The summed E-state index contributed by atoms with van der Waals surface area (Å²) >= 11 is 0. The molecular formula is C27H32N2O6. The number of morpholine rings is 1. The van der Waals surface area contributed by atoms with E-state index < -0.39 is 17.7 Å². The molecule has 0 aromatic heterocycles. The summed E-state index contributed by atoms with van der Waals surface area (Å²) in [6.45, 7) is 6.84. The van der Waals surface area contributed by atoms with Crippen molar-refractivity contribution in [3.63, 3.8) is 0 Å². The van der Waals surface area contributed by atoms with Crippen molar-refractivity contribution < 1.29 is 29.3 Å². The molecule has 1 amide bonds. The van der Waals surface area contributed by atoms with Gasteiger partial charge in [-0.2, -0.15) is 0 Å². The van der Waals surface area contributed by atoms with E-state index in [2.05, 4.69) is 4.90 Å². The van der Waals surface area contributed by atoms with Crippen LogP contribution in [0.4, 0.5) is 0 Å². The third-order valence-corrected chi connectivity index (χ3v) is 6.33. The van der Waals surface area contributed by atoms with Gasteiger partial charge in [-0.1, -0.05) is 19.1 Å². The van der Waals surface area contributed by atoms with E-state index in [0.717, 1.165) is 26.1 Å². The number of ketones is 1. The standard InChI is InChI=1S/C27H32N2O6/c1-2-16-35-22-10-6-20(7-11-22)25(31)23-24(19-4-8-21(30)9-5-19)29(27(33)26(23)32)13-3-12-28-14-17-34-18-15-28/h4-11,24,30-31H,2-3,12-18H2,1H3/b25-23-. The molecule has 1 atom stereocenters. The first-order valence-corrected chi connectivity index (χ1v) is 12.1. The van der Waals surface area contributed by atoms with E-state index in [1.54, 1.807) is 36.4 Å². The fraction of sp³-hybridized carbons (Fsp3) is 0.407. The molecule has 8 heteroatoms. The first-order valence-electron chi connectivity index (χ1n) is 12.1. The number of phenolic OH excluding ortho intramolecular Hbond substituents is 1. The third-order valence-electron chi connectivity index (χ3n) is 6.33. The fourth-order valence-corrected chi connectivity index (χ4v) is 4.49. The average molecular weight is 481 g/mol. The van der Waals surface area contributed by atoms with Crippen molar-refractivity contribution in [1.82, 2.24) is 9.80 Å². The molecule has 2 N–H and O–H groups in total. The molecule has 2 fully saturated rings. The van der Waals surface area contributed by atoms with Crippen LogP contribution in [0, 0.1) is 0 Å². The van der Waals surface area contributed by atoms with Crippen LogP contribution < -0.4 is 4.74 Å². The summed E-state index contributed by atoms with van der Waals surface area (Å²) in [4.78, 5) is 30.0. The lowest BCUT2D eigenvalue weighted by atomic mass is 9.95. The highest BCUT2D eigenvalue weighted by Crippen LogP contribution is 2.40. The van der Waals surface area contributed by atoms with Gasteiger partial charge in [0.05, 0.1) is 31.4 Å². The van der Waals surface area contributed by atoms with Crippen molar-refractivity contribution in [2.24, 2.45) is 0 Å². The average Bonchev–Trinajstić information content (AvgIpc) is 3.13. The zero-order valence-electron chi connectivity index (χ0n) is 20.0. The summed E-state index contributed by atoms with van der Waals surface area (Å²) in [7, 11) is 0. The Labute approximate surface area is 205 Å². The molecule has 0 bridgehead atoms. The zero-order valence-corrected chi connectivity index (χ0v) is 20.0. The van der Waals surface area contributed by atoms with E-state index in [1.807, 2.05) is 6.92 Å². The Hall–Kier alpha value is -3.36. The quantitative estimate of drug-likeness (QED) is 0.323. The molecule has 2 saturated heterocycles. The number of aromatic hydroxyl groups is 1. The Kier molecular flexibility index (Phi) is 8.05. The number of phenols is 1. The topological polar surface area (TPSA) is 99.5 Å². The molecule has 4 rings (SSSR count). The van der Waals surface area contributed by atoms with Crippen molar-refractivity contribution in [3.8, 4) is 11.5 Å². The minimum atomic E-state index is -0.740. The van der Waals surface area contributed by atoms with E-state index in [1.165, 1.54) is 17.0 Å². The van der Waals surface area contributed by atoms with Gasteiger partial charge in [0, 0.05) is 31.7 Å². The highest BCUT2D eigenvalue weighted by molar-refractivity contribution is 6.46. The molecule has 0 saturated carbocycles. The van der Waals surface area contributed by atoms with Crippen molar-refractivity contribution >= 4 is 17.4 Å². The van der Waals surface area contributed by atoms with Gasteiger partial charge >= 0.3 is 0 Å². The Bertz CT molecular complexity index is 1060. The second-order valence-corrected chi connectivity index (χ2v) is 8.76.